The number of urea groups is 1. The second kappa shape index (κ2) is 7.68. The van der Waals surface area contributed by atoms with Gasteiger partial charge in [-0.25, -0.2) is 9.48 Å². The van der Waals surface area contributed by atoms with Crippen LogP contribution in [0.15, 0.2) is 0 Å². The van der Waals surface area contributed by atoms with Gasteiger partial charge >= 0.3 is 6.03 Å². The molecule has 0 aliphatic carbocycles. The Morgan fingerprint density at radius 3 is 2.91 bits per heavy atom. The molecular formula is C16H29N5O2. The minimum Gasteiger partial charge on any atom is -0.480 e. The molecule has 1 aliphatic heterocycles. The third-order valence-corrected chi connectivity index (χ3v) is 4.34. The Morgan fingerprint density at radius 1 is 1.52 bits per heavy atom. The van der Waals surface area contributed by atoms with Crippen molar-refractivity contribution in [2.75, 3.05) is 45.7 Å². The predicted octanol–water partition coefficient (Wildman–Crippen LogP) is 1.93. The van der Waals surface area contributed by atoms with Gasteiger partial charge in [-0.05, 0) is 39.3 Å². The van der Waals surface area contributed by atoms with Crippen molar-refractivity contribution < 1.29 is 9.53 Å². The van der Waals surface area contributed by atoms with Crippen molar-refractivity contribution in [2.24, 2.45) is 13.0 Å². The molecule has 1 fully saturated rings. The quantitative estimate of drug-likeness (QED) is 0.869. The Kier molecular flexibility index (Phi) is 5.87. The van der Waals surface area contributed by atoms with Crippen LogP contribution in [0.1, 0.15) is 25.5 Å². The smallest absolute Gasteiger partial charge is 0.322 e. The molecule has 0 radical (unpaired) electrons. The first-order valence-corrected chi connectivity index (χ1v) is 8.28. The highest BCUT2D eigenvalue weighted by Crippen LogP contribution is 2.28. The standard InChI is InChI=1S/C16H29N5O2/c1-6-8-19(3)10-13-7-9-21(11-13)16(22)17-14-12(2)18-20(4)15(14)23-5/h13H,6-11H2,1-5H3,(H,17,22). The molecule has 1 unspecified atom stereocenters. The van der Waals surface area contributed by atoms with E-state index in [9.17, 15) is 4.79 Å². The van der Waals surface area contributed by atoms with Crippen molar-refractivity contribution >= 4 is 11.7 Å². The van der Waals surface area contributed by atoms with Crippen LogP contribution in [0.25, 0.3) is 0 Å². The molecule has 1 aliphatic rings. The lowest BCUT2D eigenvalue weighted by atomic mass is 10.1. The molecule has 7 heteroatoms. The second-order valence-corrected chi connectivity index (χ2v) is 6.39. The molecule has 1 saturated heterocycles. The van der Waals surface area contributed by atoms with Gasteiger partial charge < -0.3 is 19.9 Å². The number of likely N-dealkylation sites (tertiary alicyclic amines) is 1. The predicted molar refractivity (Wildman–Crippen MR) is 91.0 cm³/mol. The molecule has 23 heavy (non-hydrogen) atoms. The van der Waals surface area contributed by atoms with Gasteiger partial charge in [0.1, 0.15) is 5.69 Å². The third-order valence-electron chi connectivity index (χ3n) is 4.34. The number of hydrogen-bond donors (Lipinski definition) is 1. The number of hydrogen-bond acceptors (Lipinski definition) is 4. The van der Waals surface area contributed by atoms with Crippen LogP contribution in [-0.4, -0.2) is 65.9 Å². The van der Waals surface area contributed by atoms with E-state index in [1.807, 2.05) is 11.8 Å². The molecule has 2 amide bonds. The van der Waals surface area contributed by atoms with E-state index in [1.54, 1.807) is 18.8 Å². The summed E-state index contributed by atoms with van der Waals surface area (Å²) in [5.74, 6) is 1.13. The monoisotopic (exact) mass is 323 g/mol. The number of nitrogens with zero attached hydrogens (tertiary/aromatic N) is 4. The molecule has 0 aromatic carbocycles. The van der Waals surface area contributed by atoms with Crippen LogP contribution in [0.4, 0.5) is 10.5 Å². The van der Waals surface area contributed by atoms with E-state index in [-0.39, 0.29) is 6.03 Å². The SMILES string of the molecule is CCCN(C)CC1CCN(C(=O)Nc2c(C)nn(C)c2OC)C1. The van der Waals surface area contributed by atoms with E-state index >= 15 is 0 Å². The molecule has 0 saturated carbocycles. The molecule has 130 valence electrons. The number of rotatable bonds is 6. The van der Waals surface area contributed by atoms with Gasteiger partial charge in [0.15, 0.2) is 0 Å². The molecule has 1 aromatic heterocycles. The zero-order valence-corrected chi connectivity index (χ0v) is 14.9. The molecular weight excluding hydrogens is 294 g/mol. The lowest BCUT2D eigenvalue weighted by Crippen LogP contribution is -2.34. The maximum absolute atomic E-state index is 12.5. The fraction of sp³-hybridized carbons (Fsp3) is 0.750. The Morgan fingerprint density at radius 2 is 2.26 bits per heavy atom. The number of ether oxygens (including phenoxy) is 1. The molecule has 2 heterocycles. The number of methoxy groups -OCH3 is 1. The number of aryl methyl sites for hydroxylation is 2. The van der Waals surface area contributed by atoms with Crippen molar-refractivity contribution in [3.63, 3.8) is 0 Å². The first kappa shape index (κ1) is 17.6. The molecule has 2 rings (SSSR count). The van der Waals surface area contributed by atoms with Crippen LogP contribution in [0.2, 0.25) is 0 Å². The molecule has 0 spiro atoms. The van der Waals surface area contributed by atoms with Crippen LogP contribution in [0, 0.1) is 12.8 Å². The van der Waals surface area contributed by atoms with E-state index in [4.69, 9.17) is 4.74 Å². The summed E-state index contributed by atoms with van der Waals surface area (Å²) in [6, 6.07) is -0.0694. The summed E-state index contributed by atoms with van der Waals surface area (Å²) < 4.78 is 6.96. The van der Waals surface area contributed by atoms with Crippen LogP contribution in [-0.2, 0) is 7.05 Å². The van der Waals surface area contributed by atoms with Gasteiger partial charge in [0.2, 0.25) is 5.88 Å². The Bertz CT molecular complexity index is 543. The largest absolute Gasteiger partial charge is 0.480 e. The minimum atomic E-state index is -0.0694. The Balaban J connectivity index is 1.93. The Labute approximate surface area is 138 Å². The van der Waals surface area contributed by atoms with Crippen LogP contribution in [0.5, 0.6) is 5.88 Å². The average Bonchev–Trinajstić information content (AvgIpc) is 3.04. The summed E-state index contributed by atoms with van der Waals surface area (Å²) in [6.45, 7) is 7.82. The van der Waals surface area contributed by atoms with Crippen molar-refractivity contribution in [1.29, 1.82) is 0 Å². The highest BCUT2D eigenvalue weighted by atomic mass is 16.5. The van der Waals surface area contributed by atoms with Gasteiger partial charge in [0.05, 0.1) is 12.8 Å². The second-order valence-electron chi connectivity index (χ2n) is 6.39. The normalized spacial score (nSPS) is 17.8. The summed E-state index contributed by atoms with van der Waals surface area (Å²) in [5.41, 5.74) is 1.42. The zero-order chi connectivity index (χ0) is 17.0. The maximum atomic E-state index is 12.5. The summed E-state index contributed by atoms with van der Waals surface area (Å²) in [6.07, 6.45) is 2.22. The van der Waals surface area contributed by atoms with Gasteiger partial charge in [0.25, 0.3) is 0 Å². The molecule has 7 nitrogen and oxygen atoms in total. The van der Waals surface area contributed by atoms with Crippen LogP contribution in [0.3, 0.4) is 0 Å². The van der Waals surface area contributed by atoms with Crippen molar-refractivity contribution in [2.45, 2.75) is 26.7 Å². The number of nitrogens with one attached hydrogen (secondary N) is 1. The van der Waals surface area contributed by atoms with Gasteiger partial charge in [-0.3, -0.25) is 0 Å². The summed E-state index contributed by atoms with van der Waals surface area (Å²) in [7, 11) is 5.54. The molecule has 1 atom stereocenters. The van der Waals surface area contributed by atoms with E-state index in [1.165, 1.54) is 0 Å². The van der Waals surface area contributed by atoms with Crippen molar-refractivity contribution in [1.82, 2.24) is 19.6 Å². The molecule has 1 aromatic rings. The van der Waals surface area contributed by atoms with Crippen LogP contribution >= 0.6 is 0 Å². The highest BCUT2D eigenvalue weighted by Gasteiger charge is 2.28. The number of anilines is 1. The molecule has 0 bridgehead atoms. The fourth-order valence-electron chi connectivity index (χ4n) is 3.28. The van der Waals surface area contributed by atoms with Gasteiger partial charge in [-0.15, -0.1) is 0 Å². The first-order chi connectivity index (χ1) is 11.0. The Hall–Kier alpha value is -1.76. The number of aromatic nitrogens is 2. The zero-order valence-electron chi connectivity index (χ0n) is 14.9. The summed E-state index contributed by atoms with van der Waals surface area (Å²) in [4.78, 5) is 16.7. The number of carbonyl (C=O) groups is 1. The number of carbonyl (C=O) groups excluding carboxylic acids is 1. The van der Waals surface area contributed by atoms with Crippen LogP contribution < -0.4 is 10.1 Å². The van der Waals surface area contributed by atoms with E-state index in [2.05, 4.69) is 29.3 Å². The average molecular weight is 323 g/mol. The summed E-state index contributed by atoms with van der Waals surface area (Å²) in [5, 5.41) is 7.24. The maximum Gasteiger partial charge on any atom is 0.322 e. The van der Waals surface area contributed by atoms with Crippen molar-refractivity contribution in [3.8, 4) is 5.88 Å². The molecule has 1 N–H and O–H groups in total. The van der Waals surface area contributed by atoms with E-state index in [0.29, 0.717) is 17.5 Å². The summed E-state index contributed by atoms with van der Waals surface area (Å²) >= 11 is 0. The minimum absolute atomic E-state index is 0.0694. The lowest BCUT2D eigenvalue weighted by Gasteiger charge is -2.21. The van der Waals surface area contributed by atoms with Crippen molar-refractivity contribution in [3.05, 3.63) is 5.69 Å². The van der Waals surface area contributed by atoms with E-state index < -0.39 is 0 Å². The first-order valence-electron chi connectivity index (χ1n) is 8.28. The third kappa shape index (κ3) is 4.16. The fourth-order valence-corrected chi connectivity index (χ4v) is 3.28. The highest BCUT2D eigenvalue weighted by molar-refractivity contribution is 5.91. The topological polar surface area (TPSA) is 62.6 Å². The van der Waals surface area contributed by atoms with Gasteiger partial charge in [-0.1, -0.05) is 6.92 Å². The van der Waals surface area contributed by atoms with Gasteiger partial charge in [0, 0.05) is 26.7 Å². The van der Waals surface area contributed by atoms with Gasteiger partial charge in [-0.2, -0.15) is 5.10 Å². The lowest BCUT2D eigenvalue weighted by molar-refractivity contribution is 0.217. The van der Waals surface area contributed by atoms with E-state index in [0.717, 1.165) is 44.7 Å². The number of amides is 2.